The number of aromatic nitrogens is 1. The van der Waals surface area contributed by atoms with E-state index in [0.717, 1.165) is 11.1 Å². The molecule has 0 radical (unpaired) electrons. The van der Waals surface area contributed by atoms with Gasteiger partial charge in [0.05, 0.1) is 25.5 Å². The van der Waals surface area contributed by atoms with Crippen LogP contribution in [0.1, 0.15) is 28.2 Å². The number of benzene rings is 2. The van der Waals surface area contributed by atoms with E-state index < -0.39 is 5.92 Å². The van der Waals surface area contributed by atoms with Gasteiger partial charge in [-0.2, -0.15) is 10.2 Å². The van der Waals surface area contributed by atoms with Gasteiger partial charge in [0.15, 0.2) is 11.5 Å². The summed E-state index contributed by atoms with van der Waals surface area (Å²) in [6.07, 6.45) is 0. The number of phenols is 1. The molecule has 146 valence electrons. The Morgan fingerprint density at radius 3 is 2.55 bits per heavy atom. The van der Waals surface area contributed by atoms with Crippen molar-refractivity contribution in [1.82, 2.24) is 4.98 Å². The van der Waals surface area contributed by atoms with E-state index in [0.29, 0.717) is 22.8 Å². The normalized spacial score (nSPS) is 14.2. The summed E-state index contributed by atoms with van der Waals surface area (Å²) in [7, 11) is 3.11. The summed E-state index contributed by atoms with van der Waals surface area (Å²) in [5.41, 5.74) is 14.6. The number of fused-ring (bicyclic) bond motifs is 2. The van der Waals surface area contributed by atoms with Gasteiger partial charge in [0.25, 0.3) is 0 Å². The molecule has 0 fully saturated rings. The lowest BCUT2D eigenvalue weighted by atomic mass is 9.82. The van der Waals surface area contributed by atoms with Crippen LogP contribution in [-0.2, 0) is 0 Å². The van der Waals surface area contributed by atoms with E-state index in [9.17, 15) is 10.4 Å². The second-order valence-electron chi connectivity index (χ2n) is 6.49. The van der Waals surface area contributed by atoms with Crippen LogP contribution in [0, 0.1) is 11.3 Å². The van der Waals surface area contributed by atoms with Gasteiger partial charge in [0.2, 0.25) is 5.88 Å². The highest BCUT2D eigenvalue weighted by Crippen LogP contribution is 2.51. The number of nitrogen functional groups attached to an aromatic ring is 2. The molecule has 0 saturated carbocycles. The molecule has 0 amide bonds. The lowest BCUT2D eigenvalue weighted by molar-refractivity contribution is 0.354. The van der Waals surface area contributed by atoms with Gasteiger partial charge in [-0.05, 0) is 23.8 Å². The monoisotopic (exact) mass is 390 g/mol. The van der Waals surface area contributed by atoms with Crippen molar-refractivity contribution in [2.75, 3.05) is 25.7 Å². The van der Waals surface area contributed by atoms with Crippen molar-refractivity contribution in [3.8, 4) is 34.9 Å². The molecule has 1 aliphatic rings. The van der Waals surface area contributed by atoms with E-state index in [2.05, 4.69) is 4.98 Å². The van der Waals surface area contributed by atoms with E-state index in [1.54, 1.807) is 32.4 Å². The zero-order valence-electron chi connectivity index (χ0n) is 15.8. The molecule has 2 heterocycles. The number of hydrogen-bond acceptors (Lipinski definition) is 8. The molecular formula is C21H18N4O4. The van der Waals surface area contributed by atoms with E-state index in [4.69, 9.17) is 25.7 Å². The highest BCUT2D eigenvalue weighted by atomic mass is 16.5. The molecule has 29 heavy (non-hydrogen) atoms. The molecule has 0 aliphatic carbocycles. The van der Waals surface area contributed by atoms with Crippen LogP contribution >= 0.6 is 0 Å². The van der Waals surface area contributed by atoms with Crippen molar-refractivity contribution in [1.29, 1.82) is 5.26 Å². The predicted molar refractivity (Wildman–Crippen MR) is 106 cm³/mol. The molecule has 1 aliphatic heterocycles. The summed E-state index contributed by atoms with van der Waals surface area (Å²) in [6, 6.07) is 12.3. The van der Waals surface area contributed by atoms with Gasteiger partial charge in [-0.25, -0.2) is 0 Å². The standard InChI is InChI=1S/C21H18N4O4/c1-27-14-6-3-10(7-16(14)28-2)17-12-5-4-11(26)8-15(12)29-21-18(17)19(23)13(9-22)20(24)25-21/h3-8,17,26H,1-2H3,(H4,23,24,25). The largest absolute Gasteiger partial charge is 0.508 e. The van der Waals surface area contributed by atoms with E-state index >= 15 is 0 Å². The molecule has 0 saturated heterocycles. The van der Waals surface area contributed by atoms with Crippen molar-refractivity contribution in [3.05, 3.63) is 58.7 Å². The predicted octanol–water partition coefficient (Wildman–Crippen LogP) is 3.13. The third-order valence-corrected chi connectivity index (χ3v) is 4.92. The molecule has 1 unspecified atom stereocenters. The quantitative estimate of drug-likeness (QED) is 0.485. The summed E-state index contributed by atoms with van der Waals surface area (Å²) in [4.78, 5) is 4.24. The minimum Gasteiger partial charge on any atom is -0.508 e. The highest BCUT2D eigenvalue weighted by Gasteiger charge is 2.34. The van der Waals surface area contributed by atoms with Crippen molar-refractivity contribution in [3.63, 3.8) is 0 Å². The van der Waals surface area contributed by atoms with Gasteiger partial charge in [-0.15, -0.1) is 0 Å². The second-order valence-corrected chi connectivity index (χ2v) is 6.49. The molecule has 8 heteroatoms. The Bertz CT molecular complexity index is 1170. The Morgan fingerprint density at radius 2 is 1.86 bits per heavy atom. The number of nitriles is 1. The van der Waals surface area contributed by atoms with Gasteiger partial charge in [0, 0.05) is 17.5 Å². The summed E-state index contributed by atoms with van der Waals surface area (Å²) in [5, 5.41) is 19.4. The number of pyridine rings is 1. The number of anilines is 2. The van der Waals surface area contributed by atoms with Crippen LogP contribution in [0.15, 0.2) is 36.4 Å². The maximum absolute atomic E-state index is 9.91. The third kappa shape index (κ3) is 2.80. The van der Waals surface area contributed by atoms with Crippen LogP contribution in [0.2, 0.25) is 0 Å². The van der Waals surface area contributed by atoms with E-state index in [1.807, 2.05) is 18.2 Å². The van der Waals surface area contributed by atoms with Crippen LogP contribution < -0.4 is 25.7 Å². The fourth-order valence-corrected chi connectivity index (χ4v) is 3.58. The number of nitrogens with two attached hydrogens (primary N) is 2. The molecule has 2 aromatic carbocycles. The first-order valence-electron chi connectivity index (χ1n) is 8.70. The maximum Gasteiger partial charge on any atom is 0.227 e. The minimum absolute atomic E-state index is 0.0154. The van der Waals surface area contributed by atoms with Gasteiger partial charge < -0.3 is 30.8 Å². The molecule has 8 nitrogen and oxygen atoms in total. The lowest BCUT2D eigenvalue weighted by Gasteiger charge is -2.30. The molecule has 4 rings (SSSR count). The van der Waals surface area contributed by atoms with Gasteiger partial charge >= 0.3 is 0 Å². The van der Waals surface area contributed by atoms with Gasteiger partial charge in [-0.1, -0.05) is 12.1 Å². The molecule has 1 aromatic heterocycles. The number of aromatic hydroxyl groups is 1. The topological polar surface area (TPSA) is 137 Å². The molecule has 3 aromatic rings. The van der Waals surface area contributed by atoms with Crippen LogP contribution in [0.3, 0.4) is 0 Å². The fraction of sp³-hybridized carbons (Fsp3) is 0.143. The molecular weight excluding hydrogens is 372 g/mol. The number of ether oxygens (including phenoxy) is 3. The Labute approximate surface area is 166 Å². The average Bonchev–Trinajstić information content (AvgIpc) is 2.71. The van der Waals surface area contributed by atoms with Crippen molar-refractivity contribution >= 4 is 11.5 Å². The van der Waals surface area contributed by atoms with Crippen molar-refractivity contribution in [2.24, 2.45) is 0 Å². The summed E-state index contributed by atoms with van der Waals surface area (Å²) < 4.78 is 16.6. The second kappa shape index (κ2) is 6.80. The van der Waals surface area contributed by atoms with Crippen LogP contribution in [-0.4, -0.2) is 24.3 Å². The van der Waals surface area contributed by atoms with Crippen molar-refractivity contribution < 1.29 is 19.3 Å². The van der Waals surface area contributed by atoms with E-state index in [1.165, 1.54) is 6.07 Å². The van der Waals surface area contributed by atoms with Crippen LogP contribution in [0.4, 0.5) is 11.5 Å². The Balaban J connectivity index is 2.02. The Hall–Kier alpha value is -4.12. The first kappa shape index (κ1) is 18.3. The SMILES string of the molecule is COc1ccc(C2c3ccc(O)cc3Oc3nc(N)c(C#N)c(N)c32)cc1OC. The maximum atomic E-state index is 9.91. The Kier molecular flexibility index (Phi) is 4.28. The van der Waals surface area contributed by atoms with Crippen LogP contribution in [0.5, 0.6) is 28.9 Å². The molecule has 0 spiro atoms. The van der Waals surface area contributed by atoms with E-state index in [-0.39, 0.29) is 28.7 Å². The lowest BCUT2D eigenvalue weighted by Crippen LogP contribution is -2.17. The zero-order valence-corrected chi connectivity index (χ0v) is 15.8. The average molecular weight is 390 g/mol. The number of nitrogens with zero attached hydrogens (tertiary/aromatic N) is 2. The third-order valence-electron chi connectivity index (χ3n) is 4.92. The molecule has 5 N–H and O–H groups in total. The Morgan fingerprint density at radius 1 is 1.10 bits per heavy atom. The molecule has 0 bridgehead atoms. The summed E-state index contributed by atoms with van der Waals surface area (Å²) >= 11 is 0. The van der Waals surface area contributed by atoms with Gasteiger partial charge in [-0.3, -0.25) is 0 Å². The fourth-order valence-electron chi connectivity index (χ4n) is 3.58. The van der Waals surface area contributed by atoms with Crippen LogP contribution in [0.25, 0.3) is 0 Å². The van der Waals surface area contributed by atoms with Crippen molar-refractivity contribution in [2.45, 2.75) is 5.92 Å². The summed E-state index contributed by atoms with van der Waals surface area (Å²) in [6.45, 7) is 0. The smallest absolute Gasteiger partial charge is 0.227 e. The summed E-state index contributed by atoms with van der Waals surface area (Å²) in [5.74, 6) is 1.35. The zero-order chi connectivity index (χ0) is 20.7. The minimum atomic E-state index is -0.422. The number of methoxy groups -OCH3 is 2. The first-order valence-corrected chi connectivity index (χ1v) is 8.70. The number of hydrogen-bond donors (Lipinski definition) is 3. The number of phenolic OH excluding ortho intramolecular Hbond substituents is 1. The molecule has 1 atom stereocenters. The number of rotatable bonds is 3. The first-order chi connectivity index (χ1) is 14.0. The highest BCUT2D eigenvalue weighted by molar-refractivity contribution is 5.75. The van der Waals surface area contributed by atoms with Gasteiger partial charge in [0.1, 0.15) is 28.9 Å².